The number of nitrogens with zero attached hydrogens (tertiary/aromatic N) is 3. The van der Waals surface area contributed by atoms with E-state index in [0.717, 1.165) is 58.5 Å². The van der Waals surface area contributed by atoms with Crippen molar-refractivity contribution in [1.29, 1.82) is 0 Å². The van der Waals surface area contributed by atoms with Crippen molar-refractivity contribution in [2.75, 3.05) is 40.0 Å². The van der Waals surface area contributed by atoms with Gasteiger partial charge >= 0.3 is 0 Å². The minimum Gasteiger partial charge on any atom is -0.479 e. The van der Waals surface area contributed by atoms with Crippen LogP contribution in [0.4, 0.5) is 0 Å². The average molecular weight is 336 g/mol. The number of hydrogen-bond acceptors (Lipinski definition) is 5. The summed E-state index contributed by atoms with van der Waals surface area (Å²) in [4.78, 5) is 14.9. The molecule has 0 atom stereocenters. The zero-order chi connectivity index (χ0) is 16.9. The fourth-order valence-electron chi connectivity index (χ4n) is 3.68. The van der Waals surface area contributed by atoms with Gasteiger partial charge in [-0.25, -0.2) is 0 Å². The topological polar surface area (TPSA) is 68.6 Å². The first-order valence-electron chi connectivity index (χ1n) is 8.85. The summed E-state index contributed by atoms with van der Waals surface area (Å²) in [5.41, 5.74) is 0.500. The Labute approximate surface area is 143 Å². The molecule has 1 amide bonds. The lowest BCUT2D eigenvalue weighted by Gasteiger charge is -2.39. The number of nitrogens with one attached hydrogen (secondary N) is 1. The van der Waals surface area contributed by atoms with Gasteiger partial charge in [0.1, 0.15) is 5.56 Å². The number of methoxy groups -OCH3 is 1. The molecule has 0 spiro atoms. The summed E-state index contributed by atoms with van der Waals surface area (Å²) in [6, 6.07) is 0.689. The van der Waals surface area contributed by atoms with Crippen LogP contribution in [0.3, 0.4) is 0 Å². The maximum absolute atomic E-state index is 12.3. The van der Waals surface area contributed by atoms with Crippen LogP contribution in [0.2, 0.25) is 0 Å². The second-order valence-electron chi connectivity index (χ2n) is 6.76. The number of piperidine rings is 1. The molecular formula is C17H28N4O3. The van der Waals surface area contributed by atoms with Crippen molar-refractivity contribution in [3.05, 3.63) is 11.8 Å². The summed E-state index contributed by atoms with van der Waals surface area (Å²) in [7, 11) is 3.32. The van der Waals surface area contributed by atoms with E-state index in [0.29, 0.717) is 23.4 Å². The first-order valence-corrected chi connectivity index (χ1v) is 8.85. The smallest absolute Gasteiger partial charge is 0.258 e. The zero-order valence-electron chi connectivity index (χ0n) is 14.7. The predicted molar refractivity (Wildman–Crippen MR) is 90.2 cm³/mol. The Morgan fingerprint density at radius 1 is 1.33 bits per heavy atom. The molecule has 2 aliphatic heterocycles. The van der Waals surface area contributed by atoms with E-state index in [1.165, 1.54) is 7.11 Å². The van der Waals surface area contributed by atoms with Gasteiger partial charge in [-0.1, -0.05) is 0 Å². The number of likely N-dealkylation sites (tertiary alicyclic amines) is 1. The van der Waals surface area contributed by atoms with Crippen LogP contribution in [0.15, 0.2) is 6.20 Å². The van der Waals surface area contributed by atoms with Crippen molar-refractivity contribution < 1.29 is 14.3 Å². The van der Waals surface area contributed by atoms with Gasteiger partial charge in [0.05, 0.1) is 7.11 Å². The maximum atomic E-state index is 12.3. The molecule has 0 saturated carbocycles. The van der Waals surface area contributed by atoms with Gasteiger partial charge in [0, 0.05) is 39.0 Å². The lowest BCUT2D eigenvalue weighted by Crippen LogP contribution is -2.45. The summed E-state index contributed by atoms with van der Waals surface area (Å²) >= 11 is 0. The highest BCUT2D eigenvalue weighted by molar-refractivity contribution is 5.96. The first-order chi connectivity index (χ1) is 11.7. The van der Waals surface area contributed by atoms with Gasteiger partial charge in [-0.15, -0.1) is 5.10 Å². The van der Waals surface area contributed by atoms with Crippen LogP contribution in [-0.2, 0) is 11.8 Å². The lowest BCUT2D eigenvalue weighted by atomic mass is 9.94. The van der Waals surface area contributed by atoms with Crippen LogP contribution >= 0.6 is 0 Å². The molecule has 2 fully saturated rings. The molecule has 3 rings (SSSR count). The van der Waals surface area contributed by atoms with Gasteiger partial charge in [-0.3, -0.25) is 9.48 Å². The summed E-state index contributed by atoms with van der Waals surface area (Å²) in [5.74, 6) is 0.823. The highest BCUT2D eigenvalue weighted by atomic mass is 16.5. The quantitative estimate of drug-likeness (QED) is 0.870. The summed E-state index contributed by atoms with van der Waals surface area (Å²) < 4.78 is 12.2. The Bertz CT molecular complexity index is 546. The van der Waals surface area contributed by atoms with Crippen LogP contribution in [-0.4, -0.2) is 66.6 Å². The van der Waals surface area contributed by atoms with Gasteiger partial charge in [0.2, 0.25) is 5.88 Å². The molecule has 2 aliphatic rings. The van der Waals surface area contributed by atoms with E-state index < -0.39 is 0 Å². The molecule has 1 N–H and O–H groups in total. The molecule has 7 nitrogen and oxygen atoms in total. The van der Waals surface area contributed by atoms with E-state index in [-0.39, 0.29) is 5.91 Å². The molecule has 134 valence electrons. The molecule has 0 aromatic carbocycles. The Morgan fingerprint density at radius 3 is 2.71 bits per heavy atom. The Balaban J connectivity index is 1.43. The Morgan fingerprint density at radius 2 is 2.04 bits per heavy atom. The van der Waals surface area contributed by atoms with Crippen molar-refractivity contribution in [1.82, 2.24) is 20.0 Å². The minimum absolute atomic E-state index is 0.105. The summed E-state index contributed by atoms with van der Waals surface area (Å²) in [6.45, 7) is 4.77. The van der Waals surface area contributed by atoms with E-state index >= 15 is 0 Å². The molecule has 24 heavy (non-hydrogen) atoms. The van der Waals surface area contributed by atoms with Crippen LogP contribution < -0.4 is 10.1 Å². The largest absolute Gasteiger partial charge is 0.479 e. The number of carbonyl (C=O) groups is 1. The van der Waals surface area contributed by atoms with Gasteiger partial charge < -0.3 is 19.7 Å². The van der Waals surface area contributed by atoms with E-state index in [9.17, 15) is 4.79 Å². The predicted octanol–water partition coefficient (Wildman–Crippen LogP) is 1.05. The molecule has 3 heterocycles. The standard InChI is InChI=1S/C17H28N4O3/c1-20-12-15(17(19-20)23-2)16(22)18-11-13-3-7-21(8-4-13)14-5-9-24-10-6-14/h12-14H,3-11H2,1-2H3,(H,18,22). The van der Waals surface area contributed by atoms with E-state index in [4.69, 9.17) is 9.47 Å². The van der Waals surface area contributed by atoms with Crippen LogP contribution in [0.5, 0.6) is 5.88 Å². The number of rotatable bonds is 5. The van der Waals surface area contributed by atoms with Crippen molar-refractivity contribution in [2.45, 2.75) is 31.7 Å². The van der Waals surface area contributed by atoms with Gasteiger partial charge in [-0.2, -0.15) is 0 Å². The average Bonchev–Trinajstić information content (AvgIpc) is 3.02. The second-order valence-corrected chi connectivity index (χ2v) is 6.76. The fourth-order valence-corrected chi connectivity index (χ4v) is 3.68. The van der Waals surface area contributed by atoms with Crippen molar-refractivity contribution in [3.8, 4) is 5.88 Å². The third-order valence-corrected chi connectivity index (χ3v) is 5.14. The SMILES string of the molecule is COc1nn(C)cc1C(=O)NCC1CCN(C2CCOCC2)CC1. The van der Waals surface area contributed by atoms with Crippen LogP contribution in [0.1, 0.15) is 36.0 Å². The molecule has 2 saturated heterocycles. The second kappa shape index (κ2) is 7.98. The number of carbonyl (C=O) groups excluding carboxylic acids is 1. The van der Waals surface area contributed by atoms with Gasteiger partial charge in [0.15, 0.2) is 0 Å². The van der Waals surface area contributed by atoms with Crippen LogP contribution in [0, 0.1) is 5.92 Å². The molecule has 0 radical (unpaired) electrons. The molecule has 1 aromatic rings. The highest BCUT2D eigenvalue weighted by Crippen LogP contribution is 2.23. The Kier molecular flexibility index (Phi) is 5.73. The third kappa shape index (κ3) is 4.08. The number of amides is 1. The van der Waals surface area contributed by atoms with Gasteiger partial charge in [-0.05, 0) is 44.7 Å². The number of ether oxygens (including phenoxy) is 2. The molecule has 0 unspecified atom stereocenters. The summed E-state index contributed by atoms with van der Waals surface area (Å²) in [5, 5.41) is 7.16. The molecule has 1 aromatic heterocycles. The monoisotopic (exact) mass is 336 g/mol. The zero-order valence-corrected chi connectivity index (χ0v) is 14.7. The summed E-state index contributed by atoms with van der Waals surface area (Å²) in [6.07, 6.45) is 6.29. The first kappa shape index (κ1) is 17.2. The molecule has 7 heteroatoms. The van der Waals surface area contributed by atoms with Gasteiger partial charge in [0.25, 0.3) is 5.91 Å². The molecule has 0 aliphatic carbocycles. The highest BCUT2D eigenvalue weighted by Gasteiger charge is 2.27. The fraction of sp³-hybridized carbons (Fsp3) is 0.765. The normalized spacial score (nSPS) is 20.9. The number of aromatic nitrogens is 2. The molecule has 0 bridgehead atoms. The van der Waals surface area contributed by atoms with Crippen molar-refractivity contribution in [2.24, 2.45) is 13.0 Å². The minimum atomic E-state index is -0.105. The number of hydrogen-bond donors (Lipinski definition) is 1. The van der Waals surface area contributed by atoms with Crippen molar-refractivity contribution in [3.63, 3.8) is 0 Å². The van der Waals surface area contributed by atoms with E-state index in [1.807, 2.05) is 0 Å². The lowest BCUT2D eigenvalue weighted by molar-refractivity contribution is 0.0211. The maximum Gasteiger partial charge on any atom is 0.258 e. The third-order valence-electron chi connectivity index (χ3n) is 5.14. The van der Waals surface area contributed by atoms with Crippen molar-refractivity contribution >= 4 is 5.91 Å². The Hall–Kier alpha value is -1.60. The van der Waals surface area contributed by atoms with Crippen LogP contribution in [0.25, 0.3) is 0 Å². The van der Waals surface area contributed by atoms with E-state index in [1.54, 1.807) is 17.9 Å². The molecular weight excluding hydrogens is 308 g/mol. The number of aryl methyl sites for hydroxylation is 1. The van der Waals surface area contributed by atoms with E-state index in [2.05, 4.69) is 15.3 Å².